The van der Waals surface area contributed by atoms with E-state index in [1.165, 1.54) is 0 Å². The lowest BCUT2D eigenvalue weighted by Gasteiger charge is -2.38. The number of nitrogens with zero attached hydrogens (tertiary/aromatic N) is 1. The van der Waals surface area contributed by atoms with Gasteiger partial charge in [0.25, 0.3) is 5.91 Å². The van der Waals surface area contributed by atoms with Crippen molar-refractivity contribution in [3.63, 3.8) is 0 Å². The minimum atomic E-state index is -0.966. The number of nitrogens with one attached hydrogen (secondary N) is 2. The Kier molecular flexibility index (Phi) is 3.57. The molecule has 27 heavy (non-hydrogen) atoms. The van der Waals surface area contributed by atoms with E-state index in [0.717, 1.165) is 23.5 Å². The second-order valence-electron chi connectivity index (χ2n) is 7.71. The summed E-state index contributed by atoms with van der Waals surface area (Å²) in [5, 5.41) is 5.01. The molecule has 2 saturated heterocycles. The number of carbonyl (C=O) groups is 3. The number of imide groups is 1. The summed E-state index contributed by atoms with van der Waals surface area (Å²) in [7, 11) is 0. The molecule has 3 heterocycles. The van der Waals surface area contributed by atoms with Crippen LogP contribution in [0.15, 0.2) is 18.2 Å². The summed E-state index contributed by atoms with van der Waals surface area (Å²) < 4.78 is 11.2. The summed E-state index contributed by atoms with van der Waals surface area (Å²) >= 11 is 0. The number of urea groups is 1. The second kappa shape index (κ2) is 5.87. The molecule has 3 fully saturated rings. The highest BCUT2D eigenvalue weighted by atomic mass is 16.6. The molecule has 4 aliphatic rings. The smallest absolute Gasteiger partial charge is 0.322 e. The molecule has 1 saturated carbocycles. The molecule has 5 rings (SSSR count). The number of amides is 4. The summed E-state index contributed by atoms with van der Waals surface area (Å²) in [5.41, 5.74) is 0.114. The van der Waals surface area contributed by atoms with E-state index in [0.29, 0.717) is 32.6 Å². The predicted molar refractivity (Wildman–Crippen MR) is 93.5 cm³/mol. The van der Waals surface area contributed by atoms with Gasteiger partial charge in [-0.05, 0) is 42.9 Å². The van der Waals surface area contributed by atoms with E-state index in [9.17, 15) is 14.4 Å². The number of benzene rings is 1. The first-order valence-corrected chi connectivity index (χ1v) is 9.38. The standard InChI is InChI=1S/C19H21N3O5/c23-16(22-5-1-4-19(10-22)17(24)20-18(25)21-19)13-9-12(13)11-2-3-14-15(8-11)27-7-6-26-14/h2-3,8,12-13H,1,4-7,9-10H2,(H2,20,21,24,25). The Morgan fingerprint density at radius 2 is 2.00 bits per heavy atom. The summed E-state index contributed by atoms with van der Waals surface area (Å²) in [6.07, 6.45) is 2.05. The lowest BCUT2D eigenvalue weighted by atomic mass is 9.89. The highest BCUT2D eigenvalue weighted by Gasteiger charge is 2.52. The van der Waals surface area contributed by atoms with Crippen LogP contribution in [-0.4, -0.2) is 54.6 Å². The number of carbonyl (C=O) groups excluding carboxylic acids is 3. The average molecular weight is 371 g/mol. The Bertz CT molecular complexity index is 841. The van der Waals surface area contributed by atoms with Gasteiger partial charge in [-0.2, -0.15) is 0 Å². The van der Waals surface area contributed by atoms with Crippen LogP contribution < -0.4 is 20.1 Å². The first-order valence-electron chi connectivity index (χ1n) is 9.38. The van der Waals surface area contributed by atoms with Gasteiger partial charge in [0.2, 0.25) is 5.91 Å². The van der Waals surface area contributed by atoms with Gasteiger partial charge in [0.1, 0.15) is 18.8 Å². The fraction of sp³-hybridized carbons (Fsp3) is 0.526. The SMILES string of the molecule is O=C1NC(=O)C2(CCCN(C(=O)C3CC3c3ccc4c(c3)OCCO4)C2)N1. The van der Waals surface area contributed by atoms with Crippen molar-refractivity contribution in [3.05, 3.63) is 23.8 Å². The predicted octanol–water partition coefficient (Wildman–Crippen LogP) is 0.762. The minimum Gasteiger partial charge on any atom is -0.486 e. The molecule has 1 aliphatic carbocycles. The van der Waals surface area contributed by atoms with E-state index in [1.807, 2.05) is 18.2 Å². The fourth-order valence-electron chi connectivity index (χ4n) is 4.42. The van der Waals surface area contributed by atoms with Gasteiger partial charge >= 0.3 is 6.03 Å². The average Bonchev–Trinajstić information content (AvgIpc) is 3.43. The summed E-state index contributed by atoms with van der Waals surface area (Å²) in [6.45, 7) is 1.95. The zero-order valence-corrected chi connectivity index (χ0v) is 14.8. The topological polar surface area (TPSA) is 97.0 Å². The monoisotopic (exact) mass is 371 g/mol. The number of hydrogen-bond acceptors (Lipinski definition) is 5. The van der Waals surface area contributed by atoms with Crippen molar-refractivity contribution in [1.82, 2.24) is 15.5 Å². The van der Waals surface area contributed by atoms with Crippen molar-refractivity contribution < 1.29 is 23.9 Å². The maximum absolute atomic E-state index is 13.0. The van der Waals surface area contributed by atoms with Crippen molar-refractivity contribution in [3.8, 4) is 11.5 Å². The third kappa shape index (κ3) is 2.70. The molecule has 0 bridgehead atoms. The quantitative estimate of drug-likeness (QED) is 0.749. The Balaban J connectivity index is 1.28. The van der Waals surface area contributed by atoms with Crippen LogP contribution in [0.2, 0.25) is 0 Å². The van der Waals surface area contributed by atoms with Crippen molar-refractivity contribution in [2.75, 3.05) is 26.3 Å². The lowest BCUT2D eigenvalue weighted by molar-refractivity contribution is -0.137. The van der Waals surface area contributed by atoms with Gasteiger partial charge in [-0.15, -0.1) is 0 Å². The molecule has 2 N–H and O–H groups in total. The van der Waals surface area contributed by atoms with E-state index in [2.05, 4.69) is 10.6 Å². The molecular formula is C19H21N3O5. The molecule has 1 aromatic carbocycles. The molecule has 1 aromatic rings. The number of piperidine rings is 1. The van der Waals surface area contributed by atoms with Crippen LogP contribution in [0.25, 0.3) is 0 Å². The van der Waals surface area contributed by atoms with Crippen molar-refractivity contribution in [2.45, 2.75) is 30.7 Å². The fourth-order valence-corrected chi connectivity index (χ4v) is 4.42. The van der Waals surface area contributed by atoms with E-state index in [4.69, 9.17) is 9.47 Å². The Morgan fingerprint density at radius 1 is 1.19 bits per heavy atom. The van der Waals surface area contributed by atoms with Crippen LogP contribution in [-0.2, 0) is 9.59 Å². The van der Waals surface area contributed by atoms with Gasteiger partial charge < -0.3 is 19.7 Å². The van der Waals surface area contributed by atoms with E-state index < -0.39 is 11.6 Å². The molecule has 8 nitrogen and oxygen atoms in total. The van der Waals surface area contributed by atoms with E-state index in [1.54, 1.807) is 4.90 Å². The van der Waals surface area contributed by atoms with Crippen LogP contribution in [0.4, 0.5) is 4.79 Å². The van der Waals surface area contributed by atoms with Gasteiger partial charge in [0, 0.05) is 12.5 Å². The van der Waals surface area contributed by atoms with Gasteiger partial charge in [-0.3, -0.25) is 14.9 Å². The largest absolute Gasteiger partial charge is 0.486 e. The first kappa shape index (κ1) is 16.4. The molecule has 0 aromatic heterocycles. The van der Waals surface area contributed by atoms with Crippen molar-refractivity contribution in [1.29, 1.82) is 0 Å². The van der Waals surface area contributed by atoms with Crippen LogP contribution in [0, 0.1) is 5.92 Å². The Morgan fingerprint density at radius 3 is 2.78 bits per heavy atom. The molecule has 142 valence electrons. The maximum Gasteiger partial charge on any atom is 0.322 e. The summed E-state index contributed by atoms with van der Waals surface area (Å²) in [5.74, 6) is 1.29. The number of likely N-dealkylation sites (tertiary alicyclic amines) is 1. The molecule has 4 amide bonds. The van der Waals surface area contributed by atoms with Gasteiger partial charge in [0.05, 0.1) is 6.54 Å². The van der Waals surface area contributed by atoms with Crippen LogP contribution >= 0.6 is 0 Å². The third-order valence-corrected chi connectivity index (χ3v) is 5.92. The minimum absolute atomic E-state index is 0.0583. The summed E-state index contributed by atoms with van der Waals surface area (Å²) in [4.78, 5) is 38.4. The highest BCUT2D eigenvalue weighted by molar-refractivity contribution is 6.07. The van der Waals surface area contributed by atoms with Crippen LogP contribution in [0.5, 0.6) is 11.5 Å². The van der Waals surface area contributed by atoms with Gasteiger partial charge in [-0.25, -0.2) is 4.79 Å². The highest BCUT2D eigenvalue weighted by Crippen LogP contribution is 2.50. The summed E-state index contributed by atoms with van der Waals surface area (Å²) in [6, 6.07) is 5.38. The van der Waals surface area contributed by atoms with Crippen molar-refractivity contribution in [2.24, 2.45) is 5.92 Å². The molecule has 3 unspecified atom stereocenters. The van der Waals surface area contributed by atoms with Gasteiger partial charge in [-0.1, -0.05) is 6.07 Å². The zero-order valence-electron chi connectivity index (χ0n) is 14.8. The Labute approximate surface area is 156 Å². The third-order valence-electron chi connectivity index (χ3n) is 5.92. The molecule has 1 spiro atoms. The van der Waals surface area contributed by atoms with E-state index >= 15 is 0 Å². The van der Waals surface area contributed by atoms with Gasteiger partial charge in [0.15, 0.2) is 11.5 Å². The lowest BCUT2D eigenvalue weighted by Crippen LogP contribution is -2.59. The second-order valence-corrected chi connectivity index (χ2v) is 7.71. The normalized spacial score (nSPS) is 31.5. The molecule has 8 heteroatoms. The van der Waals surface area contributed by atoms with Crippen molar-refractivity contribution >= 4 is 17.8 Å². The Hall–Kier alpha value is -2.77. The molecule has 3 aliphatic heterocycles. The number of fused-ring (bicyclic) bond motifs is 1. The molecular weight excluding hydrogens is 350 g/mol. The van der Waals surface area contributed by atoms with Crippen LogP contribution in [0.3, 0.4) is 0 Å². The van der Waals surface area contributed by atoms with Crippen LogP contribution in [0.1, 0.15) is 30.7 Å². The first-order chi connectivity index (χ1) is 13.1. The maximum atomic E-state index is 13.0. The molecule has 3 atom stereocenters. The molecule has 0 radical (unpaired) electrons. The number of rotatable bonds is 2. The zero-order chi connectivity index (χ0) is 18.6. The number of ether oxygens (including phenoxy) is 2. The van der Waals surface area contributed by atoms with E-state index in [-0.39, 0.29) is 30.2 Å². The number of hydrogen-bond donors (Lipinski definition) is 2.